The zero-order valence-electron chi connectivity index (χ0n) is 10.2. The first-order valence-corrected chi connectivity index (χ1v) is 6.26. The average Bonchev–Trinajstić information content (AvgIpc) is 2.14. The summed E-state index contributed by atoms with van der Waals surface area (Å²) in [5.41, 5.74) is 6.10. The van der Waals surface area contributed by atoms with Crippen molar-refractivity contribution < 1.29 is 0 Å². The molecule has 0 saturated heterocycles. The van der Waals surface area contributed by atoms with Gasteiger partial charge in [-0.15, -0.1) is 0 Å². The molecule has 1 rings (SSSR count). The Morgan fingerprint density at radius 3 is 2.36 bits per heavy atom. The Balaban J connectivity index is 2.50. The van der Waals surface area contributed by atoms with E-state index < -0.39 is 0 Å². The van der Waals surface area contributed by atoms with E-state index in [1.807, 2.05) is 0 Å². The van der Waals surface area contributed by atoms with Gasteiger partial charge in [0, 0.05) is 0 Å². The summed E-state index contributed by atoms with van der Waals surface area (Å²) in [5.74, 6) is 1.88. The second-order valence-electron chi connectivity index (χ2n) is 5.95. The quantitative estimate of drug-likeness (QED) is 0.735. The first-order chi connectivity index (χ1) is 6.55. The largest absolute Gasteiger partial charge is 0.330 e. The lowest BCUT2D eigenvalue weighted by atomic mass is 9.65. The van der Waals surface area contributed by atoms with Gasteiger partial charge in [-0.05, 0) is 43.1 Å². The summed E-state index contributed by atoms with van der Waals surface area (Å²) in [4.78, 5) is 0. The first-order valence-electron chi connectivity index (χ1n) is 6.26. The fourth-order valence-corrected chi connectivity index (χ4v) is 3.07. The van der Waals surface area contributed by atoms with Crippen molar-refractivity contribution in [1.29, 1.82) is 0 Å². The van der Waals surface area contributed by atoms with Crippen LogP contribution >= 0.6 is 0 Å². The minimum absolute atomic E-state index is 0.500. The van der Waals surface area contributed by atoms with Crippen LogP contribution in [0.4, 0.5) is 0 Å². The normalized spacial score (nSPS) is 29.1. The Labute approximate surface area is 89.5 Å². The van der Waals surface area contributed by atoms with Crippen LogP contribution in [0.2, 0.25) is 0 Å². The summed E-state index contributed by atoms with van der Waals surface area (Å²) in [5, 5.41) is 0. The van der Waals surface area contributed by atoms with Crippen LogP contribution in [0.25, 0.3) is 0 Å². The lowest BCUT2D eigenvalue weighted by Crippen LogP contribution is -2.31. The van der Waals surface area contributed by atoms with Crippen LogP contribution < -0.4 is 5.73 Å². The first kappa shape index (κ1) is 12.0. The molecule has 0 spiro atoms. The van der Waals surface area contributed by atoms with Gasteiger partial charge in [0.15, 0.2) is 0 Å². The number of rotatable bonds is 3. The summed E-state index contributed by atoms with van der Waals surface area (Å²) >= 11 is 0. The van der Waals surface area contributed by atoms with Crippen LogP contribution in [0.15, 0.2) is 0 Å². The third-order valence-electron chi connectivity index (χ3n) is 3.80. The molecule has 0 amide bonds. The van der Waals surface area contributed by atoms with Crippen LogP contribution in [0.3, 0.4) is 0 Å². The monoisotopic (exact) mass is 197 g/mol. The van der Waals surface area contributed by atoms with Crippen LogP contribution in [0, 0.1) is 17.3 Å². The maximum absolute atomic E-state index is 5.60. The molecule has 1 aliphatic carbocycles. The molecule has 84 valence electrons. The van der Waals surface area contributed by atoms with Crippen LogP contribution in [-0.4, -0.2) is 6.54 Å². The lowest BCUT2D eigenvalue weighted by molar-refractivity contribution is 0.100. The fourth-order valence-electron chi connectivity index (χ4n) is 3.07. The van der Waals surface area contributed by atoms with Gasteiger partial charge < -0.3 is 5.73 Å². The standard InChI is InChI=1S/C13H27N/c1-13(2,3)12-9-5-4-7-11(12)8-6-10-14/h11-12H,4-10,14H2,1-3H3. The van der Waals surface area contributed by atoms with Crippen molar-refractivity contribution in [2.45, 2.75) is 59.3 Å². The Kier molecular flexibility index (Phi) is 4.43. The molecule has 2 unspecified atom stereocenters. The molecule has 1 aliphatic rings. The molecule has 0 aromatic rings. The van der Waals surface area contributed by atoms with Crippen molar-refractivity contribution in [2.24, 2.45) is 23.0 Å². The molecule has 0 aliphatic heterocycles. The molecule has 1 saturated carbocycles. The molecular weight excluding hydrogens is 170 g/mol. The predicted octanol–water partition coefficient (Wildman–Crippen LogP) is 3.58. The van der Waals surface area contributed by atoms with Gasteiger partial charge in [0.1, 0.15) is 0 Å². The van der Waals surface area contributed by atoms with Gasteiger partial charge >= 0.3 is 0 Å². The maximum Gasteiger partial charge on any atom is -0.00772 e. The van der Waals surface area contributed by atoms with E-state index in [1.165, 1.54) is 38.5 Å². The number of hydrogen-bond acceptors (Lipinski definition) is 1. The highest BCUT2D eigenvalue weighted by atomic mass is 14.5. The lowest BCUT2D eigenvalue weighted by Gasteiger charge is -2.40. The summed E-state index contributed by atoms with van der Waals surface area (Å²) in [6, 6.07) is 0. The van der Waals surface area contributed by atoms with E-state index in [2.05, 4.69) is 20.8 Å². The zero-order valence-corrected chi connectivity index (χ0v) is 10.2. The summed E-state index contributed by atoms with van der Waals surface area (Å²) in [7, 11) is 0. The highest BCUT2D eigenvalue weighted by Gasteiger charge is 2.33. The molecule has 0 radical (unpaired) electrons. The molecule has 2 N–H and O–H groups in total. The van der Waals surface area contributed by atoms with E-state index >= 15 is 0 Å². The van der Waals surface area contributed by atoms with E-state index in [9.17, 15) is 0 Å². The predicted molar refractivity (Wildman–Crippen MR) is 63.2 cm³/mol. The van der Waals surface area contributed by atoms with Crippen molar-refractivity contribution in [3.05, 3.63) is 0 Å². The Morgan fingerprint density at radius 1 is 1.14 bits per heavy atom. The molecule has 0 aromatic heterocycles. The van der Waals surface area contributed by atoms with E-state index in [4.69, 9.17) is 5.73 Å². The third-order valence-corrected chi connectivity index (χ3v) is 3.80. The van der Waals surface area contributed by atoms with Gasteiger partial charge in [0.05, 0.1) is 0 Å². The van der Waals surface area contributed by atoms with E-state index in [1.54, 1.807) is 0 Å². The molecule has 1 fully saturated rings. The molecule has 1 heteroatoms. The van der Waals surface area contributed by atoms with E-state index in [0.29, 0.717) is 5.41 Å². The third kappa shape index (κ3) is 3.27. The van der Waals surface area contributed by atoms with Crippen LogP contribution in [-0.2, 0) is 0 Å². The topological polar surface area (TPSA) is 26.0 Å². The van der Waals surface area contributed by atoms with E-state index in [-0.39, 0.29) is 0 Å². The van der Waals surface area contributed by atoms with Gasteiger partial charge in [-0.1, -0.05) is 40.0 Å². The molecule has 2 atom stereocenters. The summed E-state index contributed by atoms with van der Waals surface area (Å²) in [6.45, 7) is 8.07. The molecule has 14 heavy (non-hydrogen) atoms. The Bertz CT molecular complexity index is 157. The van der Waals surface area contributed by atoms with Gasteiger partial charge in [-0.2, -0.15) is 0 Å². The maximum atomic E-state index is 5.60. The van der Waals surface area contributed by atoms with Crippen molar-refractivity contribution in [1.82, 2.24) is 0 Å². The van der Waals surface area contributed by atoms with Crippen molar-refractivity contribution >= 4 is 0 Å². The highest BCUT2D eigenvalue weighted by molar-refractivity contribution is 4.83. The number of hydrogen-bond donors (Lipinski definition) is 1. The SMILES string of the molecule is CC(C)(C)C1CCCCC1CCCN. The number of nitrogens with two attached hydrogens (primary N) is 1. The van der Waals surface area contributed by atoms with Crippen molar-refractivity contribution in [3.8, 4) is 0 Å². The average molecular weight is 197 g/mol. The fraction of sp³-hybridized carbons (Fsp3) is 1.00. The van der Waals surface area contributed by atoms with Gasteiger partial charge in [0.2, 0.25) is 0 Å². The molecule has 1 nitrogen and oxygen atoms in total. The Morgan fingerprint density at radius 2 is 1.79 bits per heavy atom. The molecule has 0 heterocycles. The van der Waals surface area contributed by atoms with E-state index in [0.717, 1.165) is 18.4 Å². The van der Waals surface area contributed by atoms with Crippen molar-refractivity contribution in [3.63, 3.8) is 0 Å². The zero-order chi connectivity index (χ0) is 10.6. The van der Waals surface area contributed by atoms with Crippen molar-refractivity contribution in [2.75, 3.05) is 6.54 Å². The van der Waals surface area contributed by atoms with Gasteiger partial charge in [0.25, 0.3) is 0 Å². The second-order valence-corrected chi connectivity index (χ2v) is 5.95. The smallest absolute Gasteiger partial charge is 0.00772 e. The van der Waals surface area contributed by atoms with Crippen LogP contribution in [0.1, 0.15) is 59.3 Å². The van der Waals surface area contributed by atoms with Gasteiger partial charge in [-0.25, -0.2) is 0 Å². The molecule has 0 aromatic carbocycles. The second kappa shape index (κ2) is 5.16. The molecular formula is C13H27N. The van der Waals surface area contributed by atoms with Crippen LogP contribution in [0.5, 0.6) is 0 Å². The summed E-state index contributed by atoms with van der Waals surface area (Å²) in [6.07, 6.45) is 8.36. The highest BCUT2D eigenvalue weighted by Crippen LogP contribution is 2.43. The minimum atomic E-state index is 0.500. The molecule has 0 bridgehead atoms. The van der Waals surface area contributed by atoms with Gasteiger partial charge in [-0.3, -0.25) is 0 Å². The summed E-state index contributed by atoms with van der Waals surface area (Å²) < 4.78 is 0. The Hall–Kier alpha value is -0.0400. The minimum Gasteiger partial charge on any atom is -0.330 e.